The second-order valence-corrected chi connectivity index (χ2v) is 13.2. The van der Waals surface area contributed by atoms with Crippen LogP contribution in [0.5, 0.6) is 0 Å². The molecule has 2 aromatic carbocycles. The summed E-state index contributed by atoms with van der Waals surface area (Å²) in [6.07, 6.45) is 3.63. The van der Waals surface area contributed by atoms with E-state index in [1.807, 2.05) is 37.8 Å². The number of pyridine rings is 1. The lowest BCUT2D eigenvalue weighted by Crippen LogP contribution is -2.40. The van der Waals surface area contributed by atoms with Crippen LogP contribution in [0.25, 0.3) is 11.1 Å². The Kier molecular flexibility index (Phi) is 9.08. The zero-order valence-electron chi connectivity index (χ0n) is 27.8. The maximum atomic E-state index is 14.0. The predicted octanol–water partition coefficient (Wildman–Crippen LogP) is 5.32. The van der Waals surface area contributed by atoms with E-state index in [2.05, 4.69) is 46.4 Å². The SMILES string of the molecule is CCN(c1cc(-c2ccc3c(c2)N(C(C)=O)CC32CCOCC2)cc(C(=O)NCc2c(C)cc(C)[nH]c2=O)c1C)C1CCOCC1. The van der Waals surface area contributed by atoms with Crippen LogP contribution in [0.2, 0.25) is 0 Å². The zero-order chi connectivity index (χ0) is 32.6. The maximum absolute atomic E-state index is 14.0. The highest BCUT2D eigenvalue weighted by atomic mass is 16.5. The van der Waals surface area contributed by atoms with Crippen LogP contribution < -0.4 is 20.7 Å². The molecule has 2 N–H and O–H groups in total. The molecule has 0 unspecified atom stereocenters. The fourth-order valence-corrected chi connectivity index (χ4v) is 7.71. The highest BCUT2D eigenvalue weighted by molar-refractivity contribution is 6.00. The number of nitrogens with one attached hydrogen (secondary N) is 2. The van der Waals surface area contributed by atoms with E-state index in [9.17, 15) is 14.4 Å². The molecular formula is C37H46N4O5. The first-order valence-corrected chi connectivity index (χ1v) is 16.6. The molecule has 3 aromatic rings. The summed E-state index contributed by atoms with van der Waals surface area (Å²) < 4.78 is 11.4. The number of H-pyrrole nitrogens is 1. The fourth-order valence-electron chi connectivity index (χ4n) is 7.71. The van der Waals surface area contributed by atoms with Crippen molar-refractivity contribution in [3.05, 3.63) is 80.3 Å². The number of aromatic amines is 1. The van der Waals surface area contributed by atoms with Crippen LogP contribution in [0, 0.1) is 20.8 Å². The molecule has 1 aromatic heterocycles. The van der Waals surface area contributed by atoms with E-state index >= 15 is 0 Å². The third-order valence-electron chi connectivity index (χ3n) is 10.3. The van der Waals surface area contributed by atoms with Crippen LogP contribution in [-0.4, -0.2) is 62.4 Å². The van der Waals surface area contributed by atoms with Crippen molar-refractivity contribution >= 4 is 23.2 Å². The molecule has 0 radical (unpaired) electrons. The zero-order valence-corrected chi connectivity index (χ0v) is 27.8. The lowest BCUT2D eigenvalue weighted by Gasteiger charge is -2.37. The first-order valence-electron chi connectivity index (χ1n) is 16.6. The van der Waals surface area contributed by atoms with Crippen molar-refractivity contribution in [1.29, 1.82) is 0 Å². The molecule has 3 aliphatic heterocycles. The van der Waals surface area contributed by atoms with Crippen molar-refractivity contribution in [3.8, 4) is 11.1 Å². The number of anilines is 2. The van der Waals surface area contributed by atoms with E-state index in [0.29, 0.717) is 36.9 Å². The van der Waals surface area contributed by atoms with E-state index in [0.717, 1.165) is 84.8 Å². The lowest BCUT2D eigenvalue weighted by atomic mass is 9.75. The Bertz CT molecular complexity index is 1700. The second kappa shape index (κ2) is 13.0. The third-order valence-corrected chi connectivity index (χ3v) is 10.3. The number of carbonyl (C=O) groups excluding carboxylic acids is 2. The van der Waals surface area contributed by atoms with Crippen molar-refractivity contribution < 1.29 is 19.1 Å². The van der Waals surface area contributed by atoms with Gasteiger partial charge < -0.3 is 29.6 Å². The van der Waals surface area contributed by atoms with Gasteiger partial charge in [0.25, 0.3) is 11.5 Å². The van der Waals surface area contributed by atoms with E-state index in [1.54, 1.807) is 6.92 Å². The highest BCUT2D eigenvalue weighted by Crippen LogP contribution is 2.48. The summed E-state index contributed by atoms with van der Waals surface area (Å²) in [5, 5.41) is 3.04. The van der Waals surface area contributed by atoms with Crippen LogP contribution in [0.4, 0.5) is 11.4 Å². The number of ether oxygens (including phenoxy) is 2. The van der Waals surface area contributed by atoms with Gasteiger partial charge in [0.1, 0.15) is 0 Å². The first-order chi connectivity index (χ1) is 22.1. The smallest absolute Gasteiger partial charge is 0.253 e. The summed E-state index contributed by atoms with van der Waals surface area (Å²) in [5.41, 5.74) is 8.44. The van der Waals surface area contributed by atoms with Gasteiger partial charge in [-0.2, -0.15) is 0 Å². The Hall–Kier alpha value is -3.95. The molecule has 0 bridgehead atoms. The monoisotopic (exact) mass is 626 g/mol. The second-order valence-electron chi connectivity index (χ2n) is 13.2. The standard InChI is InChI=1S/C37H46N4O5/c1-6-40(29-9-13-45-14-10-29)33-20-28(18-30(25(33)4)35(43)38-21-31-23(2)17-24(3)39-36(31)44)27-7-8-32-34(19-27)41(26(5)42)22-37(32)11-15-46-16-12-37/h7-8,17-20,29H,6,9-16,21-22H2,1-5H3,(H,38,43)(H,39,44). The fraction of sp³-hybridized carbons (Fsp3) is 0.486. The number of hydrogen-bond donors (Lipinski definition) is 2. The van der Waals surface area contributed by atoms with Gasteiger partial charge in [0, 0.05) is 92.6 Å². The molecule has 1 spiro atoms. The average Bonchev–Trinajstić information content (AvgIpc) is 3.35. The number of aromatic nitrogens is 1. The van der Waals surface area contributed by atoms with E-state index < -0.39 is 0 Å². The van der Waals surface area contributed by atoms with E-state index in [-0.39, 0.29) is 29.3 Å². The Morgan fingerprint density at radius 3 is 2.39 bits per heavy atom. The van der Waals surface area contributed by atoms with Crippen molar-refractivity contribution in [1.82, 2.24) is 10.3 Å². The summed E-state index contributed by atoms with van der Waals surface area (Å²) in [6.45, 7) is 14.0. The van der Waals surface area contributed by atoms with Crippen LogP contribution >= 0.6 is 0 Å². The van der Waals surface area contributed by atoms with Gasteiger partial charge in [-0.05, 0) is 105 Å². The molecule has 0 atom stereocenters. The van der Waals surface area contributed by atoms with Gasteiger partial charge in [0.2, 0.25) is 5.91 Å². The van der Waals surface area contributed by atoms with Crippen molar-refractivity contribution in [2.24, 2.45) is 0 Å². The van der Waals surface area contributed by atoms with E-state index in [1.165, 1.54) is 5.56 Å². The van der Waals surface area contributed by atoms with Gasteiger partial charge in [0.05, 0.1) is 0 Å². The topological polar surface area (TPSA) is 104 Å². The minimum absolute atomic E-state index is 0.0319. The third kappa shape index (κ3) is 5.98. The number of aryl methyl sites for hydroxylation is 2. The van der Waals surface area contributed by atoms with Crippen molar-refractivity contribution in [2.75, 3.05) is 49.3 Å². The quantitative estimate of drug-likeness (QED) is 0.368. The van der Waals surface area contributed by atoms with Crippen LogP contribution in [0.3, 0.4) is 0 Å². The number of carbonyl (C=O) groups is 2. The van der Waals surface area contributed by atoms with Gasteiger partial charge in [0.15, 0.2) is 0 Å². The lowest BCUT2D eigenvalue weighted by molar-refractivity contribution is -0.116. The molecule has 2 amide bonds. The molecule has 2 fully saturated rings. The van der Waals surface area contributed by atoms with Gasteiger partial charge in [-0.1, -0.05) is 12.1 Å². The Labute approximate surface area is 271 Å². The molecular weight excluding hydrogens is 580 g/mol. The molecule has 244 valence electrons. The maximum Gasteiger partial charge on any atom is 0.253 e. The molecule has 2 saturated heterocycles. The van der Waals surface area contributed by atoms with Gasteiger partial charge in [-0.15, -0.1) is 0 Å². The van der Waals surface area contributed by atoms with Gasteiger partial charge in [-0.3, -0.25) is 14.4 Å². The van der Waals surface area contributed by atoms with Gasteiger partial charge in [-0.25, -0.2) is 0 Å². The Balaban J connectivity index is 1.42. The van der Waals surface area contributed by atoms with E-state index in [4.69, 9.17) is 9.47 Å². The number of fused-ring (bicyclic) bond motifs is 2. The average molecular weight is 627 g/mol. The number of hydrogen-bond acceptors (Lipinski definition) is 6. The van der Waals surface area contributed by atoms with Crippen LogP contribution in [0.1, 0.15) is 77.8 Å². The molecule has 3 aliphatic rings. The van der Waals surface area contributed by atoms with Crippen molar-refractivity contribution in [3.63, 3.8) is 0 Å². The molecule has 4 heterocycles. The Morgan fingerprint density at radius 1 is 1.00 bits per heavy atom. The minimum Gasteiger partial charge on any atom is -0.381 e. The largest absolute Gasteiger partial charge is 0.381 e. The Morgan fingerprint density at radius 2 is 1.72 bits per heavy atom. The number of amides is 2. The molecule has 0 aliphatic carbocycles. The van der Waals surface area contributed by atoms with Crippen molar-refractivity contribution in [2.45, 2.75) is 78.3 Å². The summed E-state index contributed by atoms with van der Waals surface area (Å²) in [5.74, 6) is -0.194. The van der Waals surface area contributed by atoms with Gasteiger partial charge >= 0.3 is 0 Å². The first kappa shape index (κ1) is 32.0. The number of rotatable bonds is 7. The van der Waals surface area contributed by atoms with Crippen LogP contribution in [-0.2, 0) is 26.2 Å². The summed E-state index contributed by atoms with van der Waals surface area (Å²) >= 11 is 0. The minimum atomic E-state index is -0.226. The highest BCUT2D eigenvalue weighted by Gasteiger charge is 2.45. The molecule has 6 rings (SSSR count). The number of benzene rings is 2. The summed E-state index contributed by atoms with van der Waals surface area (Å²) in [6, 6.07) is 12.8. The normalized spacial score (nSPS) is 17.6. The molecule has 9 nitrogen and oxygen atoms in total. The molecule has 0 saturated carbocycles. The summed E-state index contributed by atoms with van der Waals surface area (Å²) in [4.78, 5) is 46.7. The van der Waals surface area contributed by atoms with Crippen LogP contribution in [0.15, 0.2) is 41.2 Å². The number of nitrogens with zero attached hydrogens (tertiary/aromatic N) is 2. The molecule has 9 heteroatoms. The predicted molar refractivity (Wildman–Crippen MR) is 181 cm³/mol. The molecule has 46 heavy (non-hydrogen) atoms. The summed E-state index contributed by atoms with van der Waals surface area (Å²) in [7, 11) is 0.